The number of rotatable bonds is 8. The predicted octanol–water partition coefficient (Wildman–Crippen LogP) is 1.70. The predicted molar refractivity (Wildman–Crippen MR) is 98.5 cm³/mol. The van der Waals surface area contributed by atoms with Gasteiger partial charge in [-0.05, 0) is 25.5 Å². The second-order valence-corrected chi connectivity index (χ2v) is 6.02. The van der Waals surface area contributed by atoms with Crippen molar-refractivity contribution in [3.8, 4) is 5.75 Å². The summed E-state index contributed by atoms with van der Waals surface area (Å²) in [4.78, 5) is 15.6. The van der Waals surface area contributed by atoms with Crippen molar-refractivity contribution in [1.82, 2.24) is 16.0 Å². The molecule has 0 bridgehead atoms. The van der Waals surface area contributed by atoms with Gasteiger partial charge in [-0.15, -0.1) is 0 Å². The highest BCUT2D eigenvalue weighted by Gasteiger charge is 2.08. The third-order valence-electron chi connectivity index (χ3n) is 3.44. The highest BCUT2D eigenvalue weighted by atomic mass is 16.5. The Labute approximate surface area is 145 Å². The van der Waals surface area contributed by atoms with Gasteiger partial charge in [-0.2, -0.15) is 0 Å². The molecule has 0 aromatic heterocycles. The molecule has 1 atom stereocenters. The normalized spacial score (nSPS) is 12.7. The van der Waals surface area contributed by atoms with Gasteiger partial charge in [-0.1, -0.05) is 32.0 Å². The Hall–Kier alpha value is -2.24. The Morgan fingerprint density at radius 2 is 1.79 bits per heavy atom. The second kappa shape index (κ2) is 10.5. The number of ether oxygens (including phenoxy) is 1. The van der Waals surface area contributed by atoms with Gasteiger partial charge in [-0.25, -0.2) is 0 Å². The maximum Gasteiger partial charge on any atom is 0.222 e. The van der Waals surface area contributed by atoms with Crippen LogP contribution in [0, 0.1) is 12.8 Å². The van der Waals surface area contributed by atoms with Gasteiger partial charge >= 0.3 is 0 Å². The van der Waals surface area contributed by atoms with E-state index in [1.165, 1.54) is 0 Å². The van der Waals surface area contributed by atoms with Gasteiger partial charge < -0.3 is 20.7 Å². The van der Waals surface area contributed by atoms with Gasteiger partial charge in [0.2, 0.25) is 5.91 Å². The first-order valence-corrected chi connectivity index (χ1v) is 8.38. The van der Waals surface area contributed by atoms with Crippen LogP contribution in [0.15, 0.2) is 29.3 Å². The Bertz CT molecular complexity index is 544. The van der Waals surface area contributed by atoms with E-state index in [1.54, 1.807) is 7.05 Å². The van der Waals surface area contributed by atoms with Crippen molar-refractivity contribution >= 4 is 11.9 Å². The van der Waals surface area contributed by atoms with Gasteiger partial charge in [0.25, 0.3) is 0 Å². The van der Waals surface area contributed by atoms with E-state index in [2.05, 4.69) is 20.9 Å². The molecule has 0 saturated heterocycles. The molecule has 0 fully saturated rings. The number of guanidine groups is 1. The standard InChI is InChI=1S/C18H30N4O2/c1-13(2)17(23)20-10-11-21-18(19-5)22-12-15(4)24-16-9-7-6-8-14(16)3/h6-9,13,15H,10-12H2,1-5H3,(H,20,23)(H2,19,21,22). The molecule has 134 valence electrons. The molecule has 0 spiro atoms. The number of benzene rings is 1. The number of hydrogen-bond acceptors (Lipinski definition) is 3. The van der Waals surface area contributed by atoms with Gasteiger partial charge in [-0.3, -0.25) is 9.79 Å². The SMILES string of the molecule is CN=C(NCCNC(=O)C(C)C)NCC(C)Oc1ccccc1C. The summed E-state index contributed by atoms with van der Waals surface area (Å²) in [5.41, 5.74) is 1.12. The molecule has 0 saturated carbocycles. The number of aryl methyl sites for hydroxylation is 1. The van der Waals surface area contributed by atoms with Crippen molar-refractivity contribution in [3.63, 3.8) is 0 Å². The van der Waals surface area contributed by atoms with Gasteiger partial charge in [0.15, 0.2) is 5.96 Å². The van der Waals surface area contributed by atoms with Gasteiger partial charge in [0.1, 0.15) is 11.9 Å². The van der Waals surface area contributed by atoms with Crippen LogP contribution in [0.3, 0.4) is 0 Å². The van der Waals surface area contributed by atoms with Crippen molar-refractivity contribution in [2.24, 2.45) is 10.9 Å². The molecule has 0 heterocycles. The highest BCUT2D eigenvalue weighted by molar-refractivity contribution is 5.80. The van der Waals surface area contributed by atoms with E-state index in [-0.39, 0.29) is 17.9 Å². The summed E-state index contributed by atoms with van der Waals surface area (Å²) in [6.45, 7) is 9.60. The highest BCUT2D eigenvalue weighted by Crippen LogP contribution is 2.17. The molecule has 0 radical (unpaired) electrons. The van der Waals surface area contributed by atoms with Crippen molar-refractivity contribution < 1.29 is 9.53 Å². The van der Waals surface area contributed by atoms with Crippen LogP contribution in [0.5, 0.6) is 5.75 Å². The summed E-state index contributed by atoms with van der Waals surface area (Å²) in [5, 5.41) is 9.24. The van der Waals surface area contributed by atoms with Crippen molar-refractivity contribution in [2.45, 2.75) is 33.8 Å². The first kappa shape index (κ1) is 19.8. The molecule has 1 rings (SSSR count). The molecular weight excluding hydrogens is 304 g/mol. The average Bonchev–Trinajstić information content (AvgIpc) is 2.56. The minimum absolute atomic E-state index is 0.00174. The van der Waals surface area contributed by atoms with E-state index in [4.69, 9.17) is 4.74 Å². The van der Waals surface area contributed by atoms with E-state index in [0.717, 1.165) is 11.3 Å². The quantitative estimate of drug-likeness (QED) is 0.384. The Kier molecular flexibility index (Phi) is 8.68. The summed E-state index contributed by atoms with van der Waals surface area (Å²) in [6, 6.07) is 7.96. The molecule has 1 aromatic carbocycles. The van der Waals surface area contributed by atoms with Crippen LogP contribution in [0.4, 0.5) is 0 Å². The van der Waals surface area contributed by atoms with Crippen LogP contribution >= 0.6 is 0 Å². The van der Waals surface area contributed by atoms with Crippen LogP contribution in [0.2, 0.25) is 0 Å². The van der Waals surface area contributed by atoms with E-state index < -0.39 is 0 Å². The second-order valence-electron chi connectivity index (χ2n) is 6.02. The van der Waals surface area contributed by atoms with Crippen molar-refractivity contribution in [1.29, 1.82) is 0 Å². The van der Waals surface area contributed by atoms with Crippen LogP contribution in [-0.4, -0.2) is 44.7 Å². The monoisotopic (exact) mass is 334 g/mol. The number of hydrogen-bond donors (Lipinski definition) is 3. The molecular formula is C18H30N4O2. The van der Waals surface area contributed by atoms with Crippen LogP contribution in [0.25, 0.3) is 0 Å². The van der Waals surface area contributed by atoms with Gasteiger partial charge in [0, 0.05) is 26.1 Å². The van der Waals surface area contributed by atoms with Crippen molar-refractivity contribution in [2.75, 3.05) is 26.7 Å². The number of carbonyl (C=O) groups is 1. The molecule has 1 unspecified atom stereocenters. The molecule has 0 aliphatic rings. The van der Waals surface area contributed by atoms with E-state index in [9.17, 15) is 4.79 Å². The largest absolute Gasteiger partial charge is 0.489 e. The van der Waals surface area contributed by atoms with Crippen LogP contribution in [0.1, 0.15) is 26.3 Å². The number of amides is 1. The molecule has 0 aliphatic carbocycles. The molecule has 1 amide bonds. The lowest BCUT2D eigenvalue weighted by molar-refractivity contribution is -0.123. The first-order chi connectivity index (χ1) is 11.4. The number of nitrogens with zero attached hydrogens (tertiary/aromatic N) is 1. The zero-order chi connectivity index (χ0) is 17.9. The van der Waals surface area contributed by atoms with E-state index in [1.807, 2.05) is 52.0 Å². The molecule has 6 heteroatoms. The Balaban J connectivity index is 2.28. The summed E-state index contributed by atoms with van der Waals surface area (Å²) in [5.74, 6) is 1.64. The fourth-order valence-corrected chi connectivity index (χ4v) is 1.98. The number of nitrogens with one attached hydrogen (secondary N) is 3. The maximum absolute atomic E-state index is 11.5. The molecule has 6 nitrogen and oxygen atoms in total. The minimum Gasteiger partial charge on any atom is -0.489 e. The molecule has 1 aromatic rings. The average molecular weight is 334 g/mol. The summed E-state index contributed by atoms with van der Waals surface area (Å²) in [7, 11) is 1.72. The lowest BCUT2D eigenvalue weighted by Gasteiger charge is -2.19. The number of aliphatic imine (C=N–C) groups is 1. The summed E-state index contributed by atoms with van der Waals surface area (Å²) in [6.07, 6.45) is 0.00490. The lowest BCUT2D eigenvalue weighted by atomic mass is 10.2. The van der Waals surface area contributed by atoms with Gasteiger partial charge in [0.05, 0.1) is 6.54 Å². The summed E-state index contributed by atoms with van der Waals surface area (Å²) < 4.78 is 5.92. The smallest absolute Gasteiger partial charge is 0.222 e. The zero-order valence-electron chi connectivity index (χ0n) is 15.3. The third-order valence-corrected chi connectivity index (χ3v) is 3.44. The first-order valence-electron chi connectivity index (χ1n) is 8.38. The minimum atomic E-state index is 0.00174. The maximum atomic E-state index is 11.5. The third kappa shape index (κ3) is 7.35. The van der Waals surface area contributed by atoms with Crippen LogP contribution in [-0.2, 0) is 4.79 Å². The van der Waals surface area contributed by atoms with E-state index >= 15 is 0 Å². The van der Waals surface area contributed by atoms with Crippen molar-refractivity contribution in [3.05, 3.63) is 29.8 Å². The Morgan fingerprint density at radius 1 is 1.12 bits per heavy atom. The molecule has 3 N–H and O–H groups in total. The zero-order valence-corrected chi connectivity index (χ0v) is 15.3. The lowest BCUT2D eigenvalue weighted by Crippen LogP contribution is -2.44. The Morgan fingerprint density at radius 3 is 2.42 bits per heavy atom. The molecule has 0 aliphatic heterocycles. The fraction of sp³-hybridized carbons (Fsp3) is 0.556. The fourth-order valence-electron chi connectivity index (χ4n) is 1.98. The van der Waals surface area contributed by atoms with Crippen LogP contribution < -0.4 is 20.7 Å². The number of carbonyl (C=O) groups excluding carboxylic acids is 1. The topological polar surface area (TPSA) is 74.8 Å². The number of para-hydroxylation sites is 1. The molecule has 24 heavy (non-hydrogen) atoms. The van der Waals surface area contributed by atoms with E-state index in [0.29, 0.717) is 25.6 Å². The summed E-state index contributed by atoms with van der Waals surface area (Å²) >= 11 is 0.